The van der Waals surface area contributed by atoms with E-state index in [1.807, 2.05) is 54.6 Å². The topological polar surface area (TPSA) is 72.2 Å². The Labute approximate surface area is 166 Å². The molecule has 0 bridgehead atoms. The summed E-state index contributed by atoms with van der Waals surface area (Å²) in [5.74, 6) is -0.0672. The molecule has 0 atom stereocenters. The molecule has 5 nitrogen and oxygen atoms in total. The maximum absolute atomic E-state index is 13.1. The van der Waals surface area contributed by atoms with E-state index in [1.165, 1.54) is 12.1 Å². The van der Waals surface area contributed by atoms with E-state index < -0.39 is 10.3 Å². The Bertz CT molecular complexity index is 1020. The number of hydrogen-bond acceptors (Lipinski definition) is 4. The van der Waals surface area contributed by atoms with E-state index in [2.05, 4.69) is 5.32 Å². The molecule has 1 aliphatic rings. The van der Waals surface area contributed by atoms with Gasteiger partial charge in [0.1, 0.15) is 0 Å². The Morgan fingerprint density at radius 2 is 1.57 bits per heavy atom. The van der Waals surface area contributed by atoms with Crippen molar-refractivity contribution in [1.29, 1.82) is 0 Å². The molecule has 0 spiro atoms. The molecule has 1 amide bonds. The number of nitrogens with zero attached hydrogens (tertiary/aromatic N) is 1. The smallest absolute Gasteiger partial charge is 0.269 e. The molecule has 0 aliphatic heterocycles. The number of para-hydroxylation sites is 1. The second-order valence-electron chi connectivity index (χ2n) is 6.75. The van der Waals surface area contributed by atoms with Crippen LogP contribution in [0, 0.1) is 10.1 Å². The Kier molecular flexibility index (Phi) is 4.88. The number of rotatable bonds is 6. The summed E-state index contributed by atoms with van der Waals surface area (Å²) >= 11 is 1.60. The normalized spacial score (nSPS) is 14.3. The van der Waals surface area contributed by atoms with Crippen molar-refractivity contribution < 1.29 is 9.72 Å². The highest BCUT2D eigenvalue weighted by Crippen LogP contribution is 2.49. The zero-order valence-electron chi connectivity index (χ0n) is 15.0. The van der Waals surface area contributed by atoms with Crippen molar-refractivity contribution in [3.63, 3.8) is 0 Å². The standard InChI is InChI=1S/C22H18N2O3S/c25-21(22(14-15-22)16-10-12-17(13-11-16)24(26)27)23-19-8-4-5-9-20(19)28-18-6-2-1-3-7-18/h1-13H,14-15H2,(H,23,25). The minimum absolute atomic E-state index is 0.0320. The van der Waals surface area contributed by atoms with Crippen LogP contribution in [0.25, 0.3) is 0 Å². The molecule has 1 saturated carbocycles. The molecule has 0 radical (unpaired) electrons. The number of benzene rings is 3. The Morgan fingerprint density at radius 3 is 2.21 bits per heavy atom. The molecule has 0 saturated heterocycles. The zero-order valence-corrected chi connectivity index (χ0v) is 15.8. The number of non-ortho nitro benzene ring substituents is 1. The third kappa shape index (κ3) is 3.64. The summed E-state index contributed by atoms with van der Waals surface area (Å²) in [7, 11) is 0. The molecule has 1 aliphatic carbocycles. The molecule has 1 N–H and O–H groups in total. The Hall–Kier alpha value is -3.12. The molecule has 6 heteroatoms. The molecule has 1 fully saturated rings. The number of carbonyl (C=O) groups is 1. The third-order valence-electron chi connectivity index (χ3n) is 4.92. The van der Waals surface area contributed by atoms with Gasteiger partial charge < -0.3 is 5.32 Å². The SMILES string of the molecule is O=C(Nc1ccccc1Sc1ccccc1)C1(c2ccc([N+](=O)[O-])cc2)CC1. The summed E-state index contributed by atoms with van der Waals surface area (Å²) in [6.07, 6.45) is 1.48. The van der Waals surface area contributed by atoms with E-state index in [0.717, 1.165) is 33.9 Å². The first-order valence-corrected chi connectivity index (χ1v) is 9.78. The van der Waals surface area contributed by atoms with Gasteiger partial charge in [-0.1, -0.05) is 54.2 Å². The average molecular weight is 390 g/mol. The highest BCUT2D eigenvalue weighted by atomic mass is 32.2. The predicted octanol–water partition coefficient (Wildman–Crippen LogP) is 5.42. The highest BCUT2D eigenvalue weighted by molar-refractivity contribution is 7.99. The van der Waals surface area contributed by atoms with E-state index >= 15 is 0 Å². The first-order chi connectivity index (χ1) is 13.6. The average Bonchev–Trinajstić information content (AvgIpc) is 3.52. The van der Waals surface area contributed by atoms with Gasteiger partial charge in [-0.2, -0.15) is 0 Å². The van der Waals surface area contributed by atoms with Crippen LogP contribution >= 0.6 is 11.8 Å². The summed E-state index contributed by atoms with van der Waals surface area (Å²) in [5, 5.41) is 13.9. The van der Waals surface area contributed by atoms with Crippen molar-refractivity contribution in [2.75, 3.05) is 5.32 Å². The molecule has 0 unspecified atom stereocenters. The van der Waals surface area contributed by atoms with Crippen LogP contribution in [0.15, 0.2) is 88.7 Å². The molecule has 0 aromatic heterocycles. The van der Waals surface area contributed by atoms with Gasteiger partial charge in [0.2, 0.25) is 5.91 Å². The Balaban J connectivity index is 1.55. The van der Waals surface area contributed by atoms with E-state index in [0.29, 0.717) is 0 Å². The first-order valence-electron chi connectivity index (χ1n) is 8.97. The van der Waals surface area contributed by atoms with Crippen LogP contribution in [0.1, 0.15) is 18.4 Å². The minimum Gasteiger partial charge on any atom is -0.324 e. The lowest BCUT2D eigenvalue weighted by Crippen LogP contribution is -2.28. The lowest BCUT2D eigenvalue weighted by molar-refractivity contribution is -0.384. The second kappa shape index (κ2) is 7.48. The number of nitro benzene ring substituents is 1. The number of carbonyl (C=O) groups excluding carboxylic acids is 1. The van der Waals surface area contributed by atoms with Crippen LogP contribution in [-0.2, 0) is 10.2 Å². The number of amides is 1. The van der Waals surface area contributed by atoms with Crippen molar-refractivity contribution in [1.82, 2.24) is 0 Å². The van der Waals surface area contributed by atoms with Gasteiger partial charge in [0.25, 0.3) is 5.69 Å². The van der Waals surface area contributed by atoms with Crippen LogP contribution in [0.3, 0.4) is 0 Å². The molecular formula is C22H18N2O3S. The lowest BCUT2D eigenvalue weighted by atomic mass is 9.94. The molecule has 3 aromatic rings. The van der Waals surface area contributed by atoms with Crippen molar-refractivity contribution in [2.24, 2.45) is 0 Å². The van der Waals surface area contributed by atoms with Gasteiger partial charge in [-0.05, 0) is 42.7 Å². The van der Waals surface area contributed by atoms with E-state index in [-0.39, 0.29) is 11.6 Å². The zero-order chi connectivity index (χ0) is 19.6. The van der Waals surface area contributed by atoms with Gasteiger partial charge in [0.05, 0.1) is 16.0 Å². The van der Waals surface area contributed by atoms with Gasteiger partial charge in [-0.3, -0.25) is 14.9 Å². The van der Waals surface area contributed by atoms with Gasteiger partial charge in [0.15, 0.2) is 0 Å². The van der Waals surface area contributed by atoms with E-state index in [4.69, 9.17) is 0 Å². The van der Waals surface area contributed by atoms with Crippen molar-refractivity contribution in [3.8, 4) is 0 Å². The summed E-state index contributed by atoms with van der Waals surface area (Å²) < 4.78 is 0. The van der Waals surface area contributed by atoms with E-state index in [1.54, 1.807) is 23.9 Å². The molecular weight excluding hydrogens is 372 g/mol. The summed E-state index contributed by atoms with van der Waals surface area (Å²) in [4.78, 5) is 25.6. The fourth-order valence-corrected chi connectivity index (χ4v) is 4.11. The van der Waals surface area contributed by atoms with Crippen molar-refractivity contribution in [3.05, 3.63) is 94.5 Å². The number of nitrogens with one attached hydrogen (secondary N) is 1. The highest BCUT2D eigenvalue weighted by Gasteiger charge is 2.51. The molecule has 3 aromatic carbocycles. The number of nitro groups is 1. The fourth-order valence-electron chi connectivity index (χ4n) is 3.19. The Morgan fingerprint density at radius 1 is 0.929 bits per heavy atom. The molecule has 140 valence electrons. The maximum atomic E-state index is 13.1. The minimum atomic E-state index is -0.598. The molecule has 4 rings (SSSR count). The molecule has 0 heterocycles. The molecule has 28 heavy (non-hydrogen) atoms. The van der Waals surface area contributed by atoms with Gasteiger partial charge in [0, 0.05) is 21.9 Å². The summed E-state index contributed by atoms with van der Waals surface area (Å²) in [5.41, 5.74) is 1.03. The van der Waals surface area contributed by atoms with E-state index in [9.17, 15) is 14.9 Å². The van der Waals surface area contributed by atoms with Crippen LogP contribution in [-0.4, -0.2) is 10.8 Å². The lowest BCUT2D eigenvalue weighted by Gasteiger charge is -2.17. The van der Waals surface area contributed by atoms with Crippen LogP contribution < -0.4 is 5.32 Å². The first kappa shape index (κ1) is 18.3. The fraction of sp³-hybridized carbons (Fsp3) is 0.136. The van der Waals surface area contributed by atoms with Crippen LogP contribution in [0.5, 0.6) is 0 Å². The quantitative estimate of drug-likeness (QED) is 0.451. The van der Waals surface area contributed by atoms with Gasteiger partial charge in [-0.15, -0.1) is 0 Å². The maximum Gasteiger partial charge on any atom is 0.269 e. The van der Waals surface area contributed by atoms with Crippen molar-refractivity contribution >= 4 is 29.0 Å². The monoisotopic (exact) mass is 390 g/mol. The predicted molar refractivity (Wildman–Crippen MR) is 110 cm³/mol. The summed E-state index contributed by atoms with van der Waals surface area (Å²) in [6, 6.07) is 24.0. The van der Waals surface area contributed by atoms with Crippen molar-refractivity contribution in [2.45, 2.75) is 28.0 Å². The number of anilines is 1. The van der Waals surface area contributed by atoms with Gasteiger partial charge >= 0.3 is 0 Å². The third-order valence-corrected chi connectivity index (χ3v) is 6.01. The second-order valence-corrected chi connectivity index (χ2v) is 7.87. The van der Waals surface area contributed by atoms with Gasteiger partial charge in [-0.25, -0.2) is 0 Å². The van der Waals surface area contributed by atoms with Crippen LogP contribution in [0.4, 0.5) is 11.4 Å². The largest absolute Gasteiger partial charge is 0.324 e. The van der Waals surface area contributed by atoms with Crippen LogP contribution in [0.2, 0.25) is 0 Å². The summed E-state index contributed by atoms with van der Waals surface area (Å²) in [6.45, 7) is 0. The number of hydrogen-bond donors (Lipinski definition) is 1.